The lowest BCUT2D eigenvalue weighted by atomic mass is 9.80. The summed E-state index contributed by atoms with van der Waals surface area (Å²) in [6.07, 6.45) is 7.75. The van der Waals surface area contributed by atoms with Crippen LogP contribution in [0.15, 0.2) is 42.9 Å². The monoisotopic (exact) mass is 478 g/mol. The van der Waals surface area contributed by atoms with E-state index in [1.807, 2.05) is 6.20 Å². The number of halogens is 2. The molecule has 34 heavy (non-hydrogen) atoms. The molecule has 1 aliphatic rings. The van der Waals surface area contributed by atoms with Crippen LogP contribution in [0.1, 0.15) is 25.1 Å². The number of fused-ring (bicyclic) bond motifs is 2. The number of nitrogens with one attached hydrogen (secondary N) is 1. The first-order valence-corrected chi connectivity index (χ1v) is 11.3. The normalized spacial score (nSPS) is 15.1. The van der Waals surface area contributed by atoms with Gasteiger partial charge in [-0.15, -0.1) is 0 Å². The molecule has 0 spiro atoms. The van der Waals surface area contributed by atoms with E-state index in [4.69, 9.17) is 16.3 Å². The molecule has 6 rings (SSSR count). The Kier molecular flexibility index (Phi) is 4.79. The Morgan fingerprint density at radius 3 is 2.74 bits per heavy atom. The number of H-pyrrole nitrogens is 1. The lowest BCUT2D eigenvalue weighted by Gasteiger charge is -2.36. The van der Waals surface area contributed by atoms with Crippen molar-refractivity contribution in [2.75, 3.05) is 0 Å². The molecule has 8 nitrogen and oxygen atoms in total. The highest BCUT2D eigenvalue weighted by atomic mass is 35.5. The molecule has 1 aliphatic carbocycles. The molecule has 0 bridgehead atoms. The molecule has 5 aromatic rings. The van der Waals surface area contributed by atoms with Crippen molar-refractivity contribution in [3.8, 4) is 22.8 Å². The summed E-state index contributed by atoms with van der Waals surface area (Å²) < 4.78 is 22.5. The SMILES string of the molecule is Cc1nc2ccc(Oc3ccc4ncc(-c5cnn(CC6(O)CCC6)c5)nc4c3Cl)c(F)c2[nH]1. The quantitative estimate of drug-likeness (QED) is 0.361. The number of benzene rings is 2. The number of aromatic amines is 1. The van der Waals surface area contributed by atoms with E-state index in [-0.39, 0.29) is 22.0 Å². The van der Waals surface area contributed by atoms with E-state index < -0.39 is 11.4 Å². The predicted molar refractivity (Wildman–Crippen MR) is 125 cm³/mol. The number of aryl methyl sites for hydroxylation is 1. The van der Waals surface area contributed by atoms with Gasteiger partial charge in [0.1, 0.15) is 27.6 Å². The third-order valence-electron chi connectivity index (χ3n) is 6.19. The molecule has 10 heteroatoms. The zero-order chi connectivity index (χ0) is 23.4. The van der Waals surface area contributed by atoms with Gasteiger partial charge in [0.25, 0.3) is 0 Å². The molecule has 0 amide bonds. The van der Waals surface area contributed by atoms with Crippen molar-refractivity contribution in [3.05, 3.63) is 59.5 Å². The second-order valence-corrected chi connectivity index (χ2v) is 9.08. The molecule has 0 unspecified atom stereocenters. The highest BCUT2D eigenvalue weighted by molar-refractivity contribution is 6.36. The van der Waals surface area contributed by atoms with Crippen molar-refractivity contribution in [1.29, 1.82) is 0 Å². The smallest absolute Gasteiger partial charge is 0.191 e. The van der Waals surface area contributed by atoms with Crippen LogP contribution in [0.25, 0.3) is 33.3 Å². The van der Waals surface area contributed by atoms with E-state index in [0.717, 1.165) is 24.8 Å². The molecule has 1 fully saturated rings. The number of hydrogen-bond donors (Lipinski definition) is 2. The Labute approximate surface area is 198 Å². The first-order chi connectivity index (χ1) is 16.4. The van der Waals surface area contributed by atoms with Crippen LogP contribution < -0.4 is 4.74 Å². The van der Waals surface area contributed by atoms with Crippen LogP contribution in [0.5, 0.6) is 11.5 Å². The fourth-order valence-corrected chi connectivity index (χ4v) is 4.46. The molecule has 0 aliphatic heterocycles. The zero-order valence-corrected chi connectivity index (χ0v) is 19.0. The Morgan fingerprint density at radius 1 is 1.15 bits per heavy atom. The number of rotatable bonds is 5. The van der Waals surface area contributed by atoms with Gasteiger partial charge in [-0.3, -0.25) is 9.67 Å². The first-order valence-electron chi connectivity index (χ1n) is 10.9. The molecule has 0 saturated heterocycles. The molecule has 0 radical (unpaired) electrons. The summed E-state index contributed by atoms with van der Waals surface area (Å²) in [7, 11) is 0. The summed E-state index contributed by atoms with van der Waals surface area (Å²) in [6, 6.07) is 6.56. The minimum absolute atomic E-state index is 0.0247. The average Bonchev–Trinajstić information content (AvgIpc) is 3.42. The highest BCUT2D eigenvalue weighted by Crippen LogP contribution is 2.37. The Morgan fingerprint density at radius 2 is 1.94 bits per heavy atom. The maximum atomic E-state index is 15.0. The fraction of sp³-hybridized carbons (Fsp3) is 0.250. The maximum Gasteiger partial charge on any atom is 0.191 e. The summed E-state index contributed by atoms with van der Waals surface area (Å²) in [5.41, 5.74) is 2.47. The van der Waals surface area contributed by atoms with Crippen LogP contribution >= 0.6 is 11.6 Å². The van der Waals surface area contributed by atoms with Gasteiger partial charge in [-0.25, -0.2) is 14.4 Å². The van der Waals surface area contributed by atoms with Gasteiger partial charge in [-0.2, -0.15) is 5.10 Å². The van der Waals surface area contributed by atoms with Gasteiger partial charge in [-0.05, 0) is 50.5 Å². The van der Waals surface area contributed by atoms with Gasteiger partial charge >= 0.3 is 0 Å². The van der Waals surface area contributed by atoms with E-state index in [9.17, 15) is 9.50 Å². The summed E-state index contributed by atoms with van der Waals surface area (Å²) in [4.78, 5) is 16.3. The molecule has 172 valence electrons. The average molecular weight is 479 g/mol. The lowest BCUT2D eigenvalue weighted by molar-refractivity contribution is -0.0498. The van der Waals surface area contributed by atoms with Gasteiger partial charge in [0.05, 0.1) is 41.3 Å². The molecule has 0 atom stereocenters. The molecule has 3 heterocycles. The van der Waals surface area contributed by atoms with Crippen molar-refractivity contribution in [2.45, 2.75) is 38.3 Å². The molecule has 3 aromatic heterocycles. The van der Waals surface area contributed by atoms with E-state index >= 15 is 0 Å². The van der Waals surface area contributed by atoms with Crippen LogP contribution in [-0.4, -0.2) is 40.4 Å². The molecule has 2 aromatic carbocycles. The van der Waals surface area contributed by atoms with Crippen molar-refractivity contribution in [1.82, 2.24) is 29.7 Å². The minimum Gasteiger partial charge on any atom is -0.453 e. The van der Waals surface area contributed by atoms with E-state index in [1.54, 1.807) is 42.2 Å². The van der Waals surface area contributed by atoms with Crippen LogP contribution in [0.4, 0.5) is 4.39 Å². The number of hydrogen-bond acceptors (Lipinski definition) is 6. The first kappa shape index (κ1) is 21.0. The third kappa shape index (κ3) is 3.57. The van der Waals surface area contributed by atoms with Crippen molar-refractivity contribution in [2.24, 2.45) is 0 Å². The van der Waals surface area contributed by atoms with Crippen molar-refractivity contribution in [3.63, 3.8) is 0 Å². The standard InChI is InChI=1S/C24H20ClFN6O2/c1-13-29-16-4-6-19(21(26)23(16)30-13)34-18-5-3-15-22(20(18)25)31-17(10-27-15)14-9-28-32(11-14)12-24(33)7-2-8-24/h3-6,9-11,33H,2,7-8,12H2,1H3,(H,29,30). The van der Waals surface area contributed by atoms with Gasteiger partial charge in [0.15, 0.2) is 11.6 Å². The zero-order valence-electron chi connectivity index (χ0n) is 18.2. The second-order valence-electron chi connectivity index (χ2n) is 8.70. The summed E-state index contributed by atoms with van der Waals surface area (Å²) in [5, 5.41) is 15.0. The van der Waals surface area contributed by atoms with E-state index in [0.29, 0.717) is 34.6 Å². The number of ether oxygens (including phenoxy) is 1. The Balaban J connectivity index is 1.33. The molecular formula is C24H20ClFN6O2. The number of aromatic nitrogens is 6. The van der Waals surface area contributed by atoms with E-state index in [1.165, 1.54) is 6.07 Å². The maximum absolute atomic E-state index is 15.0. The number of nitrogens with zero attached hydrogens (tertiary/aromatic N) is 5. The van der Waals surface area contributed by atoms with Crippen LogP contribution in [0, 0.1) is 12.7 Å². The summed E-state index contributed by atoms with van der Waals surface area (Å²) in [5.74, 6) is 0.354. The van der Waals surface area contributed by atoms with Crippen LogP contribution in [0.2, 0.25) is 5.02 Å². The minimum atomic E-state index is -0.679. The number of imidazole rings is 1. The fourth-order valence-electron chi connectivity index (χ4n) is 4.22. The largest absolute Gasteiger partial charge is 0.453 e. The van der Waals surface area contributed by atoms with E-state index in [2.05, 4.69) is 25.0 Å². The summed E-state index contributed by atoms with van der Waals surface area (Å²) in [6.45, 7) is 2.20. The van der Waals surface area contributed by atoms with Crippen molar-refractivity contribution >= 4 is 33.7 Å². The highest BCUT2D eigenvalue weighted by Gasteiger charge is 2.35. The predicted octanol–water partition coefficient (Wildman–Crippen LogP) is 5.18. The molecule has 2 N–H and O–H groups in total. The number of aliphatic hydroxyl groups is 1. The topological polar surface area (TPSA) is 102 Å². The van der Waals surface area contributed by atoms with Crippen LogP contribution in [0.3, 0.4) is 0 Å². The van der Waals surface area contributed by atoms with Gasteiger partial charge in [0.2, 0.25) is 0 Å². The van der Waals surface area contributed by atoms with Gasteiger partial charge in [-0.1, -0.05) is 11.6 Å². The van der Waals surface area contributed by atoms with Gasteiger partial charge in [0, 0.05) is 11.8 Å². The van der Waals surface area contributed by atoms with Crippen molar-refractivity contribution < 1.29 is 14.2 Å². The third-order valence-corrected chi connectivity index (χ3v) is 6.55. The van der Waals surface area contributed by atoms with Gasteiger partial charge < -0.3 is 14.8 Å². The molecule has 1 saturated carbocycles. The lowest BCUT2D eigenvalue weighted by Crippen LogP contribution is -2.41. The molecular weight excluding hydrogens is 459 g/mol. The Hall–Kier alpha value is -3.56. The van der Waals surface area contributed by atoms with Crippen LogP contribution in [-0.2, 0) is 6.54 Å². The second kappa shape index (κ2) is 7.75. The summed E-state index contributed by atoms with van der Waals surface area (Å²) >= 11 is 6.62. The Bertz CT molecular complexity index is 1560.